The molecule has 0 N–H and O–H groups in total. The third kappa shape index (κ3) is 5.31. The number of aryl methyl sites for hydroxylation is 3. The van der Waals surface area contributed by atoms with E-state index in [2.05, 4.69) is 84.8 Å². The number of hydrogen-bond acceptors (Lipinski definition) is 3. The SMILES string of the molecule is Cc1cc(CN(CC(C)C)C(=O)C2CCN(Cc3cccc4ccn(C)c34)C2)cc2c1OCCCC2. The number of carbonyl (C=O) groups is 1. The van der Waals surface area contributed by atoms with Crippen LogP contribution in [0.15, 0.2) is 42.6 Å². The number of hydrogen-bond donors (Lipinski definition) is 0. The van der Waals surface area contributed by atoms with E-state index in [1.807, 2.05) is 0 Å². The van der Waals surface area contributed by atoms with Gasteiger partial charge >= 0.3 is 0 Å². The van der Waals surface area contributed by atoms with Crippen LogP contribution >= 0.6 is 0 Å². The minimum absolute atomic E-state index is 0.0709. The van der Waals surface area contributed by atoms with Crippen LogP contribution in [0.3, 0.4) is 0 Å². The zero-order valence-corrected chi connectivity index (χ0v) is 22.4. The number of nitrogens with zero attached hydrogens (tertiary/aromatic N) is 3. The van der Waals surface area contributed by atoms with Gasteiger partial charge in [-0.1, -0.05) is 44.2 Å². The topological polar surface area (TPSA) is 37.7 Å². The Hall–Kier alpha value is -2.79. The van der Waals surface area contributed by atoms with Gasteiger partial charge in [-0.05, 0) is 78.8 Å². The fourth-order valence-corrected chi connectivity index (χ4v) is 6.14. The van der Waals surface area contributed by atoms with Crippen LogP contribution in [0, 0.1) is 18.8 Å². The molecule has 1 aromatic heterocycles. The first-order valence-electron chi connectivity index (χ1n) is 13.7. The average Bonchev–Trinajstić information content (AvgIpc) is 3.38. The number of aromatic nitrogens is 1. The van der Waals surface area contributed by atoms with Gasteiger partial charge in [-0.15, -0.1) is 0 Å². The van der Waals surface area contributed by atoms with Gasteiger partial charge in [-0.25, -0.2) is 0 Å². The van der Waals surface area contributed by atoms with Gasteiger partial charge in [0.1, 0.15) is 5.75 Å². The van der Waals surface area contributed by atoms with Crippen molar-refractivity contribution in [2.45, 2.75) is 59.5 Å². The fraction of sp³-hybridized carbons (Fsp3) is 0.516. The predicted molar refractivity (Wildman–Crippen MR) is 146 cm³/mol. The molecule has 5 heteroatoms. The van der Waals surface area contributed by atoms with E-state index in [1.54, 1.807) is 0 Å². The minimum Gasteiger partial charge on any atom is -0.493 e. The molecule has 0 aliphatic carbocycles. The van der Waals surface area contributed by atoms with Crippen molar-refractivity contribution in [1.29, 1.82) is 0 Å². The van der Waals surface area contributed by atoms with Gasteiger partial charge in [0.15, 0.2) is 0 Å². The molecule has 5 rings (SSSR count). The largest absolute Gasteiger partial charge is 0.493 e. The maximum atomic E-state index is 13.8. The van der Waals surface area contributed by atoms with E-state index in [1.165, 1.54) is 39.6 Å². The summed E-state index contributed by atoms with van der Waals surface area (Å²) in [6.07, 6.45) is 6.41. The van der Waals surface area contributed by atoms with Gasteiger partial charge in [-0.2, -0.15) is 0 Å². The van der Waals surface area contributed by atoms with Gasteiger partial charge in [0.2, 0.25) is 5.91 Å². The van der Waals surface area contributed by atoms with E-state index in [0.29, 0.717) is 18.4 Å². The summed E-state index contributed by atoms with van der Waals surface area (Å²) in [5.74, 6) is 1.89. The van der Waals surface area contributed by atoms with Gasteiger partial charge in [0.05, 0.1) is 18.0 Å². The Balaban J connectivity index is 1.29. The molecule has 0 spiro atoms. The summed E-state index contributed by atoms with van der Waals surface area (Å²) >= 11 is 0. The number of carbonyl (C=O) groups excluding carboxylic acids is 1. The van der Waals surface area contributed by atoms with Crippen LogP contribution in [0.5, 0.6) is 5.75 Å². The predicted octanol–water partition coefficient (Wildman–Crippen LogP) is 5.71. The second-order valence-corrected chi connectivity index (χ2v) is 11.3. The smallest absolute Gasteiger partial charge is 0.227 e. The molecule has 2 aromatic carbocycles. The lowest BCUT2D eigenvalue weighted by molar-refractivity contribution is -0.136. The average molecular weight is 488 g/mol. The first kappa shape index (κ1) is 24.9. The molecule has 36 heavy (non-hydrogen) atoms. The lowest BCUT2D eigenvalue weighted by Crippen LogP contribution is -2.39. The van der Waals surface area contributed by atoms with Crippen LogP contribution in [0.4, 0.5) is 0 Å². The van der Waals surface area contributed by atoms with Crippen LogP contribution in [-0.2, 0) is 31.4 Å². The molecule has 5 nitrogen and oxygen atoms in total. The summed E-state index contributed by atoms with van der Waals surface area (Å²) in [6, 6.07) is 13.2. The molecule has 1 amide bonds. The summed E-state index contributed by atoms with van der Waals surface area (Å²) in [5.41, 5.74) is 6.38. The number of rotatable bonds is 7. The summed E-state index contributed by atoms with van der Waals surface area (Å²) in [7, 11) is 2.11. The highest BCUT2D eigenvalue weighted by molar-refractivity contribution is 5.83. The Bertz CT molecular complexity index is 1230. The number of para-hydroxylation sites is 1. The first-order valence-corrected chi connectivity index (χ1v) is 13.7. The van der Waals surface area contributed by atoms with Crippen LogP contribution in [0.2, 0.25) is 0 Å². The molecule has 1 unspecified atom stereocenters. The van der Waals surface area contributed by atoms with Gasteiger partial charge in [-0.3, -0.25) is 9.69 Å². The Morgan fingerprint density at radius 3 is 2.89 bits per heavy atom. The highest BCUT2D eigenvalue weighted by atomic mass is 16.5. The van der Waals surface area contributed by atoms with E-state index < -0.39 is 0 Å². The van der Waals surface area contributed by atoms with Crippen LogP contribution in [0.1, 0.15) is 55.4 Å². The van der Waals surface area contributed by atoms with E-state index >= 15 is 0 Å². The third-order valence-electron chi connectivity index (χ3n) is 7.77. The van der Waals surface area contributed by atoms with Crippen LogP contribution < -0.4 is 4.74 Å². The van der Waals surface area contributed by atoms with Gasteiger partial charge < -0.3 is 14.2 Å². The van der Waals surface area contributed by atoms with Crippen LogP contribution in [0.25, 0.3) is 10.9 Å². The van der Waals surface area contributed by atoms with Crippen molar-refractivity contribution in [3.8, 4) is 5.75 Å². The molecule has 0 radical (unpaired) electrons. The molecular formula is C31H41N3O2. The van der Waals surface area contributed by atoms with Gasteiger partial charge in [0, 0.05) is 39.4 Å². The molecular weight excluding hydrogens is 446 g/mol. The summed E-state index contributed by atoms with van der Waals surface area (Å²) in [4.78, 5) is 18.4. The van der Waals surface area contributed by atoms with E-state index in [9.17, 15) is 4.79 Å². The van der Waals surface area contributed by atoms with E-state index in [4.69, 9.17) is 4.74 Å². The van der Waals surface area contributed by atoms with Crippen molar-refractivity contribution in [3.63, 3.8) is 0 Å². The van der Waals surface area contributed by atoms with Crippen molar-refractivity contribution < 1.29 is 9.53 Å². The van der Waals surface area contributed by atoms with Crippen LogP contribution in [-0.4, -0.2) is 46.5 Å². The molecule has 2 aliphatic rings. The summed E-state index contributed by atoms with van der Waals surface area (Å²) < 4.78 is 8.24. The zero-order valence-electron chi connectivity index (χ0n) is 22.4. The van der Waals surface area contributed by atoms with Gasteiger partial charge in [0.25, 0.3) is 0 Å². The molecule has 1 saturated heterocycles. The highest BCUT2D eigenvalue weighted by Crippen LogP contribution is 2.31. The fourth-order valence-electron chi connectivity index (χ4n) is 6.14. The molecule has 1 fully saturated rings. The van der Waals surface area contributed by atoms with Crippen molar-refractivity contribution in [1.82, 2.24) is 14.4 Å². The molecule has 0 saturated carbocycles. The van der Waals surface area contributed by atoms with Crippen molar-refractivity contribution in [2.75, 3.05) is 26.2 Å². The molecule has 3 aromatic rings. The number of fused-ring (bicyclic) bond motifs is 2. The number of ether oxygens (including phenoxy) is 1. The van der Waals surface area contributed by atoms with E-state index in [-0.39, 0.29) is 5.92 Å². The summed E-state index contributed by atoms with van der Waals surface area (Å²) in [5, 5.41) is 1.28. The van der Waals surface area contributed by atoms with Crippen molar-refractivity contribution in [3.05, 3.63) is 64.8 Å². The standard InChI is InChI=1S/C31H41N3O2/c1-22(2)18-34(19-24-16-23(3)30-26(17-24)8-5-6-15-36-30)31(35)28-12-14-33(21-28)20-27-10-7-9-25-11-13-32(4)29(25)27/h7,9-11,13,16-17,22,28H,5-6,8,12,14-15,18-21H2,1-4H3. The monoisotopic (exact) mass is 487 g/mol. The maximum Gasteiger partial charge on any atom is 0.227 e. The molecule has 3 heterocycles. The Morgan fingerprint density at radius 1 is 1.19 bits per heavy atom. The highest BCUT2D eigenvalue weighted by Gasteiger charge is 2.32. The number of likely N-dealkylation sites (tertiary alicyclic amines) is 1. The van der Waals surface area contributed by atoms with E-state index in [0.717, 1.165) is 57.8 Å². The molecule has 0 bridgehead atoms. The number of amides is 1. The third-order valence-corrected chi connectivity index (χ3v) is 7.77. The normalized spacial score (nSPS) is 18.3. The second kappa shape index (κ2) is 10.7. The quantitative estimate of drug-likeness (QED) is 0.429. The minimum atomic E-state index is 0.0709. The molecule has 192 valence electrons. The Morgan fingerprint density at radius 2 is 2.06 bits per heavy atom. The van der Waals surface area contributed by atoms with Crippen molar-refractivity contribution >= 4 is 16.8 Å². The van der Waals surface area contributed by atoms with Crippen molar-refractivity contribution in [2.24, 2.45) is 18.9 Å². The second-order valence-electron chi connectivity index (χ2n) is 11.3. The lowest BCUT2D eigenvalue weighted by Gasteiger charge is -2.28. The lowest BCUT2D eigenvalue weighted by atomic mass is 10.00. The molecule has 1 atom stereocenters. The zero-order chi connectivity index (χ0) is 25.2. The first-order chi connectivity index (χ1) is 17.4. The summed E-state index contributed by atoms with van der Waals surface area (Å²) in [6.45, 7) is 11.6. The maximum absolute atomic E-state index is 13.8. The number of benzene rings is 2. The Kier molecular flexibility index (Phi) is 7.38. The molecule has 2 aliphatic heterocycles. The Labute approximate surface area is 216 Å².